The zero-order valence-electron chi connectivity index (χ0n) is 9.39. The summed E-state index contributed by atoms with van der Waals surface area (Å²) in [7, 11) is 1.69. The fraction of sp³-hybridized carbons (Fsp3) is 0.636. The van der Waals surface area contributed by atoms with Gasteiger partial charge in [-0.15, -0.1) is 11.3 Å². The molecule has 0 spiro atoms. The van der Waals surface area contributed by atoms with Crippen LogP contribution < -0.4 is 4.74 Å². The minimum absolute atomic E-state index is 0.0318. The molecule has 1 unspecified atom stereocenters. The summed E-state index contributed by atoms with van der Waals surface area (Å²) in [5.74, 6) is 0. The monoisotopic (exact) mass is 243 g/mol. The van der Waals surface area contributed by atoms with Crippen LogP contribution in [0.1, 0.15) is 4.88 Å². The van der Waals surface area contributed by atoms with Crippen molar-refractivity contribution in [2.24, 2.45) is 0 Å². The summed E-state index contributed by atoms with van der Waals surface area (Å²) in [5.41, 5.74) is 0. The van der Waals surface area contributed by atoms with Crippen LogP contribution in [0.4, 0.5) is 0 Å². The van der Waals surface area contributed by atoms with Crippen molar-refractivity contribution in [1.29, 1.82) is 0 Å². The lowest BCUT2D eigenvalue weighted by molar-refractivity contribution is -0.0548. The third kappa shape index (κ3) is 2.95. The van der Waals surface area contributed by atoms with Crippen LogP contribution >= 0.6 is 11.3 Å². The summed E-state index contributed by atoms with van der Waals surface area (Å²) in [4.78, 5) is 3.59. The number of hydrogen-bond acceptors (Lipinski definition) is 5. The number of nitrogens with zero attached hydrogens (tertiary/aromatic N) is 1. The van der Waals surface area contributed by atoms with Crippen LogP contribution in [0.5, 0.6) is 5.06 Å². The molecular formula is C11H17NO3S. The third-order valence-electron chi connectivity index (χ3n) is 2.64. The number of methoxy groups -OCH3 is 1. The molecule has 1 saturated heterocycles. The minimum atomic E-state index is -0.0318. The van der Waals surface area contributed by atoms with E-state index >= 15 is 0 Å². The molecular weight excluding hydrogens is 226 g/mol. The number of hydrogen-bond donors (Lipinski definition) is 1. The van der Waals surface area contributed by atoms with Gasteiger partial charge in [0.15, 0.2) is 5.06 Å². The first kappa shape index (κ1) is 11.9. The van der Waals surface area contributed by atoms with Gasteiger partial charge in [-0.1, -0.05) is 0 Å². The van der Waals surface area contributed by atoms with Crippen LogP contribution in [0.2, 0.25) is 0 Å². The average molecular weight is 243 g/mol. The van der Waals surface area contributed by atoms with Gasteiger partial charge in [0.25, 0.3) is 0 Å². The van der Waals surface area contributed by atoms with Crippen molar-refractivity contribution >= 4 is 11.3 Å². The highest BCUT2D eigenvalue weighted by Gasteiger charge is 2.20. The normalized spacial score (nSPS) is 22.2. The molecule has 1 aliphatic rings. The fourth-order valence-electron chi connectivity index (χ4n) is 1.81. The molecule has 90 valence electrons. The molecule has 0 saturated carbocycles. The highest BCUT2D eigenvalue weighted by atomic mass is 32.1. The molecule has 2 heterocycles. The van der Waals surface area contributed by atoms with E-state index in [9.17, 15) is 0 Å². The molecule has 16 heavy (non-hydrogen) atoms. The summed E-state index contributed by atoms with van der Waals surface area (Å²) in [5, 5.41) is 9.99. The van der Waals surface area contributed by atoms with Crippen LogP contribution in [0, 0.1) is 0 Å². The van der Waals surface area contributed by atoms with E-state index in [0.717, 1.165) is 24.7 Å². The van der Waals surface area contributed by atoms with E-state index in [2.05, 4.69) is 11.0 Å². The Bertz CT molecular complexity index is 329. The summed E-state index contributed by atoms with van der Waals surface area (Å²) in [6.45, 7) is 3.44. The molecule has 0 bridgehead atoms. The molecule has 0 aromatic carbocycles. The SMILES string of the molecule is COc1ccc(CN2CCOC(CO)C2)s1. The van der Waals surface area contributed by atoms with Gasteiger partial charge in [0.05, 0.1) is 26.4 Å². The van der Waals surface area contributed by atoms with Crippen LogP contribution in [0.15, 0.2) is 12.1 Å². The quantitative estimate of drug-likeness (QED) is 0.855. The van der Waals surface area contributed by atoms with Gasteiger partial charge in [0, 0.05) is 24.5 Å². The molecule has 0 aliphatic carbocycles. The van der Waals surface area contributed by atoms with E-state index in [0.29, 0.717) is 6.61 Å². The van der Waals surface area contributed by atoms with Gasteiger partial charge in [-0.05, 0) is 12.1 Å². The standard InChI is InChI=1S/C11H17NO3S/c1-14-11-3-2-10(16-11)7-12-4-5-15-9(6-12)8-13/h2-3,9,13H,4-8H2,1H3. The number of morpholine rings is 1. The van der Waals surface area contributed by atoms with Gasteiger partial charge in [0.2, 0.25) is 0 Å². The van der Waals surface area contributed by atoms with Gasteiger partial charge in [-0.25, -0.2) is 0 Å². The van der Waals surface area contributed by atoms with E-state index in [1.807, 2.05) is 6.07 Å². The van der Waals surface area contributed by atoms with Crippen molar-refractivity contribution in [2.75, 3.05) is 33.4 Å². The summed E-state index contributed by atoms with van der Waals surface area (Å²) < 4.78 is 10.6. The molecule has 1 atom stereocenters. The van der Waals surface area contributed by atoms with Crippen molar-refractivity contribution < 1.29 is 14.6 Å². The third-order valence-corrected chi connectivity index (χ3v) is 3.68. The Morgan fingerprint density at radius 1 is 1.62 bits per heavy atom. The number of rotatable bonds is 4. The Morgan fingerprint density at radius 3 is 3.19 bits per heavy atom. The van der Waals surface area contributed by atoms with E-state index in [4.69, 9.17) is 14.6 Å². The molecule has 0 amide bonds. The molecule has 0 radical (unpaired) electrons. The smallest absolute Gasteiger partial charge is 0.173 e. The summed E-state index contributed by atoms with van der Waals surface area (Å²) in [6.07, 6.45) is -0.0318. The van der Waals surface area contributed by atoms with Crippen molar-refractivity contribution in [2.45, 2.75) is 12.6 Å². The summed E-state index contributed by atoms with van der Waals surface area (Å²) >= 11 is 1.67. The molecule has 2 rings (SSSR count). The lowest BCUT2D eigenvalue weighted by atomic mass is 10.3. The first-order valence-corrected chi connectivity index (χ1v) is 6.21. The number of ether oxygens (including phenoxy) is 2. The zero-order chi connectivity index (χ0) is 11.4. The second-order valence-corrected chi connectivity index (χ2v) is 4.97. The number of aliphatic hydroxyl groups is 1. The van der Waals surface area contributed by atoms with Gasteiger partial charge < -0.3 is 14.6 Å². The summed E-state index contributed by atoms with van der Waals surface area (Å²) in [6, 6.07) is 4.08. The van der Waals surface area contributed by atoms with Gasteiger partial charge in [0.1, 0.15) is 0 Å². The predicted molar refractivity (Wildman–Crippen MR) is 63.0 cm³/mol. The van der Waals surface area contributed by atoms with Crippen molar-refractivity contribution in [1.82, 2.24) is 4.90 Å². The van der Waals surface area contributed by atoms with E-state index in [1.165, 1.54) is 4.88 Å². The molecule has 1 aromatic heterocycles. The molecule has 1 fully saturated rings. The van der Waals surface area contributed by atoms with Crippen molar-refractivity contribution in [3.63, 3.8) is 0 Å². The second-order valence-electron chi connectivity index (χ2n) is 3.84. The first-order valence-electron chi connectivity index (χ1n) is 5.39. The molecule has 1 aromatic rings. The molecule has 1 N–H and O–H groups in total. The zero-order valence-corrected chi connectivity index (χ0v) is 10.2. The molecule has 5 heteroatoms. The van der Waals surface area contributed by atoms with Crippen LogP contribution in [0.3, 0.4) is 0 Å². The second kappa shape index (κ2) is 5.63. The largest absolute Gasteiger partial charge is 0.487 e. The lowest BCUT2D eigenvalue weighted by Gasteiger charge is -2.31. The highest BCUT2D eigenvalue weighted by Crippen LogP contribution is 2.25. The van der Waals surface area contributed by atoms with E-state index in [1.54, 1.807) is 18.4 Å². The Morgan fingerprint density at radius 2 is 2.50 bits per heavy atom. The van der Waals surface area contributed by atoms with Gasteiger partial charge in [-0.3, -0.25) is 4.90 Å². The molecule has 4 nitrogen and oxygen atoms in total. The molecule has 1 aliphatic heterocycles. The highest BCUT2D eigenvalue weighted by molar-refractivity contribution is 7.13. The first-order chi connectivity index (χ1) is 7.81. The fourth-order valence-corrected chi connectivity index (χ4v) is 2.67. The van der Waals surface area contributed by atoms with Crippen LogP contribution in [-0.4, -0.2) is 49.5 Å². The number of thiophene rings is 1. The maximum Gasteiger partial charge on any atom is 0.173 e. The van der Waals surface area contributed by atoms with Crippen molar-refractivity contribution in [3.8, 4) is 5.06 Å². The van der Waals surface area contributed by atoms with Crippen LogP contribution in [0.25, 0.3) is 0 Å². The maximum absolute atomic E-state index is 9.05. The Hall–Kier alpha value is -0.620. The topological polar surface area (TPSA) is 41.9 Å². The minimum Gasteiger partial charge on any atom is -0.487 e. The maximum atomic E-state index is 9.05. The van der Waals surface area contributed by atoms with Gasteiger partial charge >= 0.3 is 0 Å². The van der Waals surface area contributed by atoms with E-state index in [-0.39, 0.29) is 12.7 Å². The Balaban J connectivity index is 1.88. The lowest BCUT2D eigenvalue weighted by Crippen LogP contribution is -2.43. The van der Waals surface area contributed by atoms with Crippen LogP contribution in [-0.2, 0) is 11.3 Å². The van der Waals surface area contributed by atoms with E-state index < -0.39 is 0 Å². The Kier molecular flexibility index (Phi) is 4.17. The van der Waals surface area contributed by atoms with Gasteiger partial charge in [-0.2, -0.15) is 0 Å². The average Bonchev–Trinajstić information content (AvgIpc) is 2.77. The number of aliphatic hydroxyl groups excluding tert-OH is 1. The van der Waals surface area contributed by atoms with Crippen molar-refractivity contribution in [3.05, 3.63) is 17.0 Å². The Labute approximate surface area is 99.4 Å². The predicted octanol–water partition coefficient (Wildman–Crippen LogP) is 0.950.